The Kier molecular flexibility index (Phi) is 7.89. The molecule has 1 aliphatic rings. The molecule has 0 N–H and O–H groups in total. The van der Waals surface area contributed by atoms with Crippen molar-refractivity contribution in [2.75, 3.05) is 34.0 Å². The Hall–Kier alpha value is -0.840. The van der Waals surface area contributed by atoms with Gasteiger partial charge in [-0.05, 0) is 19.3 Å². The molecule has 16 heavy (non-hydrogen) atoms. The molecule has 0 saturated carbocycles. The molecule has 1 rings (SSSR count). The second-order valence-corrected chi connectivity index (χ2v) is 3.99. The summed E-state index contributed by atoms with van der Waals surface area (Å²) < 4.78 is 18.8. The summed E-state index contributed by atoms with van der Waals surface area (Å²) in [7, 11) is 7.86. The van der Waals surface area contributed by atoms with Crippen molar-refractivity contribution in [3.63, 3.8) is 0 Å². The van der Waals surface area contributed by atoms with Crippen LogP contribution in [0.25, 0.3) is 0 Å². The van der Waals surface area contributed by atoms with Crippen molar-refractivity contribution < 1.29 is 23.5 Å². The number of likely N-dealkylation sites (tertiary alicyclic amines) is 1. The molecule has 0 aromatic rings. The third kappa shape index (κ3) is 6.61. The summed E-state index contributed by atoms with van der Waals surface area (Å²) in [6, 6.07) is 0. The van der Waals surface area contributed by atoms with Crippen LogP contribution < -0.4 is 0 Å². The van der Waals surface area contributed by atoms with E-state index < -0.39 is 6.16 Å². The van der Waals surface area contributed by atoms with Crippen molar-refractivity contribution in [1.82, 2.24) is 0 Å². The van der Waals surface area contributed by atoms with Crippen LogP contribution in [-0.2, 0) is 14.2 Å². The molecule has 1 fully saturated rings. The number of carbonyl (C=O) groups is 1. The van der Waals surface area contributed by atoms with Gasteiger partial charge in [0.2, 0.25) is 6.73 Å². The molecule has 0 atom stereocenters. The molecule has 88 valence electrons. The fourth-order valence-corrected chi connectivity index (χ4v) is 1.67. The number of piperidine rings is 1. The van der Waals surface area contributed by atoms with Gasteiger partial charge in [0, 0.05) is 0 Å². The maximum atomic E-state index is 10.7. The normalized spacial score (nSPS) is 17.4. The Morgan fingerprint density at radius 3 is 2.31 bits per heavy atom. The number of ether oxygens (including phenoxy) is 2. The summed E-state index contributed by atoms with van der Waals surface area (Å²) >= 11 is 0. The quantitative estimate of drug-likeness (QED) is 0.390. The van der Waals surface area contributed by atoms with E-state index in [1.54, 1.807) is 0 Å². The average Bonchev–Trinajstić information content (AvgIpc) is 2.28. The molecule has 1 saturated heterocycles. The Morgan fingerprint density at radius 2 is 1.88 bits per heavy atom. The van der Waals surface area contributed by atoms with Gasteiger partial charge >= 0.3 is 25.6 Å². The van der Waals surface area contributed by atoms with E-state index in [9.17, 15) is 4.79 Å². The van der Waals surface area contributed by atoms with Gasteiger partial charge in [-0.3, -0.25) is 4.48 Å². The Bertz CT molecular complexity index is 220. The van der Waals surface area contributed by atoms with Crippen molar-refractivity contribution in [2.45, 2.75) is 19.3 Å². The Morgan fingerprint density at radius 1 is 1.38 bits per heavy atom. The number of hydrogen-bond donors (Lipinski definition) is 0. The van der Waals surface area contributed by atoms with Gasteiger partial charge in [-0.2, -0.15) is 0 Å². The van der Waals surface area contributed by atoms with E-state index in [2.05, 4.69) is 19.5 Å². The number of hydrogen-bond acceptors (Lipinski definition) is 4. The Balaban J connectivity index is 0.000000673. The zero-order chi connectivity index (χ0) is 12.4. The standard InChI is InChI=1S/C9H18NO3.B2O/c1-10(6-4-3-5-7-10)8-13-9(11)12-2;1-2-3/h3-8H2,1-2H3;/q+1;. The van der Waals surface area contributed by atoms with Crippen LogP contribution in [0.15, 0.2) is 0 Å². The van der Waals surface area contributed by atoms with Gasteiger partial charge in [0.25, 0.3) is 0 Å². The van der Waals surface area contributed by atoms with Gasteiger partial charge in [0.1, 0.15) is 0 Å². The summed E-state index contributed by atoms with van der Waals surface area (Å²) in [5, 5.41) is 0. The molecular weight excluding hydrogens is 208 g/mol. The van der Waals surface area contributed by atoms with E-state index in [1.807, 2.05) is 0 Å². The Labute approximate surface area is 98.3 Å². The second-order valence-electron chi connectivity index (χ2n) is 3.99. The van der Waals surface area contributed by atoms with Crippen LogP contribution in [0.4, 0.5) is 4.79 Å². The van der Waals surface area contributed by atoms with Crippen molar-refractivity contribution in [2.24, 2.45) is 0 Å². The van der Waals surface area contributed by atoms with E-state index in [0.717, 1.165) is 17.6 Å². The first-order chi connectivity index (χ1) is 7.58. The van der Waals surface area contributed by atoms with E-state index in [1.165, 1.54) is 26.4 Å². The predicted molar refractivity (Wildman–Crippen MR) is 60.3 cm³/mol. The molecule has 0 aromatic heterocycles. The third-order valence-corrected chi connectivity index (χ3v) is 2.56. The molecular formula is C9H18B2NO4+. The summed E-state index contributed by atoms with van der Waals surface area (Å²) in [5.74, 6) is 0. The van der Waals surface area contributed by atoms with E-state index in [4.69, 9.17) is 9.44 Å². The van der Waals surface area contributed by atoms with Crippen LogP contribution in [0.1, 0.15) is 19.3 Å². The fraction of sp³-hybridized carbons (Fsp3) is 0.889. The monoisotopic (exact) mass is 226 g/mol. The van der Waals surface area contributed by atoms with Crippen LogP contribution in [0.2, 0.25) is 0 Å². The van der Waals surface area contributed by atoms with Gasteiger partial charge in [0.15, 0.2) is 0 Å². The van der Waals surface area contributed by atoms with Crippen LogP contribution in [0.3, 0.4) is 0 Å². The molecule has 0 amide bonds. The molecule has 0 unspecified atom stereocenters. The van der Waals surface area contributed by atoms with Gasteiger partial charge in [0.05, 0.1) is 27.2 Å². The zero-order valence-corrected chi connectivity index (χ0v) is 9.98. The van der Waals surface area contributed by atoms with Crippen LogP contribution in [-0.4, -0.2) is 59.4 Å². The first kappa shape index (κ1) is 15.2. The minimum atomic E-state index is -0.579. The molecule has 7 heteroatoms. The number of carbonyl (C=O) groups excluding carboxylic acids is 1. The first-order valence-corrected chi connectivity index (χ1v) is 5.27. The third-order valence-electron chi connectivity index (χ3n) is 2.56. The van der Waals surface area contributed by atoms with Crippen LogP contribution in [0, 0.1) is 0 Å². The molecule has 0 bridgehead atoms. The number of nitrogens with zero attached hydrogens (tertiary/aromatic N) is 1. The number of quaternary nitrogens is 1. The number of methoxy groups -OCH3 is 1. The summed E-state index contributed by atoms with van der Waals surface area (Å²) in [6.45, 7) is 2.63. The van der Waals surface area contributed by atoms with Crippen molar-refractivity contribution >= 4 is 20.9 Å². The zero-order valence-electron chi connectivity index (χ0n) is 9.98. The van der Waals surface area contributed by atoms with Crippen molar-refractivity contribution in [1.29, 1.82) is 0 Å². The van der Waals surface area contributed by atoms with Gasteiger partial charge in [-0.25, -0.2) is 4.79 Å². The van der Waals surface area contributed by atoms with Crippen LogP contribution >= 0.6 is 0 Å². The van der Waals surface area contributed by atoms with Crippen molar-refractivity contribution in [3.05, 3.63) is 0 Å². The van der Waals surface area contributed by atoms with Gasteiger partial charge in [-0.15, -0.1) is 0 Å². The number of rotatable bonds is 2. The molecule has 0 aromatic carbocycles. The molecule has 2 radical (unpaired) electrons. The van der Waals surface area contributed by atoms with Crippen LogP contribution in [0.5, 0.6) is 0 Å². The summed E-state index contributed by atoms with van der Waals surface area (Å²) in [4.78, 5) is 10.7. The SMILES string of the molecule is COC(=O)OC[N+]1(C)CCCCC1.[B]B=O. The maximum absolute atomic E-state index is 10.7. The van der Waals surface area contributed by atoms with E-state index in [0.29, 0.717) is 6.73 Å². The molecule has 5 nitrogen and oxygen atoms in total. The molecule has 0 aliphatic carbocycles. The van der Waals surface area contributed by atoms with Gasteiger partial charge in [-0.1, -0.05) is 0 Å². The van der Waals surface area contributed by atoms with Crippen molar-refractivity contribution in [3.8, 4) is 0 Å². The molecule has 1 aliphatic heterocycles. The molecule has 1 heterocycles. The van der Waals surface area contributed by atoms with E-state index in [-0.39, 0.29) is 7.04 Å². The summed E-state index contributed by atoms with van der Waals surface area (Å²) in [6.07, 6.45) is 3.17. The van der Waals surface area contributed by atoms with Gasteiger partial charge < -0.3 is 9.47 Å². The topological polar surface area (TPSA) is 52.6 Å². The minimum absolute atomic E-state index is 0.250. The summed E-state index contributed by atoms with van der Waals surface area (Å²) in [5.41, 5.74) is 0. The second kappa shape index (κ2) is 8.33. The van der Waals surface area contributed by atoms with E-state index >= 15 is 0 Å². The first-order valence-electron chi connectivity index (χ1n) is 5.27. The predicted octanol–water partition coefficient (Wildman–Crippen LogP) is 0.477. The fourth-order valence-electron chi connectivity index (χ4n) is 1.67. The average molecular weight is 226 g/mol. The molecule has 0 spiro atoms.